The summed E-state index contributed by atoms with van der Waals surface area (Å²) in [5.41, 5.74) is 1.30. The highest BCUT2D eigenvalue weighted by atomic mass is 35.5. The summed E-state index contributed by atoms with van der Waals surface area (Å²) in [4.78, 5) is 0. The van der Waals surface area contributed by atoms with E-state index in [9.17, 15) is 4.39 Å². The Bertz CT molecular complexity index is 399. The minimum absolute atomic E-state index is 0.203. The minimum atomic E-state index is -0.352. The first kappa shape index (κ1) is 13.8. The third-order valence-corrected chi connectivity index (χ3v) is 3.96. The smallest absolute Gasteiger partial charge is 0.141 e. The summed E-state index contributed by atoms with van der Waals surface area (Å²) < 4.78 is 18.6. The van der Waals surface area contributed by atoms with Crippen LogP contribution in [0.15, 0.2) is 18.2 Å². The zero-order chi connectivity index (χ0) is 13.0. The first-order chi connectivity index (χ1) is 8.65. The third kappa shape index (κ3) is 3.22. The lowest BCUT2D eigenvalue weighted by Crippen LogP contribution is -2.39. The molecule has 1 saturated heterocycles. The molecule has 1 N–H and O–H groups in total. The molecule has 1 aromatic rings. The lowest BCUT2D eigenvalue weighted by Gasteiger charge is -2.37. The van der Waals surface area contributed by atoms with Gasteiger partial charge in [0.25, 0.3) is 0 Å². The van der Waals surface area contributed by atoms with E-state index in [-0.39, 0.29) is 16.3 Å². The van der Waals surface area contributed by atoms with Gasteiger partial charge < -0.3 is 10.1 Å². The maximum absolute atomic E-state index is 13.2. The van der Waals surface area contributed by atoms with Crippen molar-refractivity contribution in [2.75, 3.05) is 26.8 Å². The molecular weight excluding hydrogens is 253 g/mol. The van der Waals surface area contributed by atoms with E-state index in [2.05, 4.69) is 5.32 Å². The van der Waals surface area contributed by atoms with Crippen LogP contribution in [0, 0.1) is 11.2 Å². The second kappa shape index (κ2) is 6.00. The molecule has 1 heterocycles. The van der Waals surface area contributed by atoms with Crippen molar-refractivity contribution in [3.8, 4) is 0 Å². The molecule has 1 aliphatic heterocycles. The van der Waals surface area contributed by atoms with Crippen LogP contribution in [0.25, 0.3) is 0 Å². The molecule has 0 aromatic heterocycles. The third-order valence-electron chi connectivity index (χ3n) is 3.67. The predicted molar refractivity (Wildman–Crippen MR) is 71.5 cm³/mol. The predicted octanol–water partition coefficient (Wildman–Crippen LogP) is 3.04. The molecule has 0 bridgehead atoms. The Kier molecular flexibility index (Phi) is 4.60. The maximum Gasteiger partial charge on any atom is 0.141 e. The lowest BCUT2D eigenvalue weighted by molar-refractivity contribution is 0.0158. The number of halogens is 2. The van der Waals surface area contributed by atoms with E-state index in [1.54, 1.807) is 6.07 Å². The van der Waals surface area contributed by atoms with Crippen molar-refractivity contribution >= 4 is 11.6 Å². The van der Waals surface area contributed by atoms with Crippen LogP contribution in [0.2, 0.25) is 5.02 Å². The molecule has 0 spiro atoms. The van der Waals surface area contributed by atoms with Gasteiger partial charge in [0.2, 0.25) is 0 Å². The molecule has 0 amide bonds. The summed E-state index contributed by atoms with van der Waals surface area (Å²) in [6.45, 7) is 2.55. The minimum Gasteiger partial charge on any atom is -0.381 e. The zero-order valence-corrected chi connectivity index (χ0v) is 11.4. The highest BCUT2D eigenvalue weighted by Crippen LogP contribution is 2.34. The van der Waals surface area contributed by atoms with Crippen LogP contribution in [-0.2, 0) is 11.2 Å². The number of hydrogen-bond donors (Lipinski definition) is 1. The van der Waals surface area contributed by atoms with E-state index in [1.165, 1.54) is 6.07 Å². The second-order valence-electron chi connectivity index (χ2n) is 5.07. The number of nitrogens with one attached hydrogen (secondary N) is 1. The van der Waals surface area contributed by atoms with E-state index < -0.39 is 0 Å². The number of rotatable bonds is 4. The van der Waals surface area contributed by atoms with Crippen molar-refractivity contribution in [3.05, 3.63) is 34.6 Å². The number of hydrogen-bond acceptors (Lipinski definition) is 2. The highest BCUT2D eigenvalue weighted by Gasteiger charge is 2.32. The molecule has 0 atom stereocenters. The van der Waals surface area contributed by atoms with Crippen LogP contribution in [0.3, 0.4) is 0 Å². The molecule has 2 rings (SSSR count). The molecule has 1 aromatic carbocycles. The molecule has 0 saturated carbocycles. The van der Waals surface area contributed by atoms with Gasteiger partial charge in [-0.05, 0) is 49.4 Å². The quantitative estimate of drug-likeness (QED) is 0.909. The Morgan fingerprint density at radius 1 is 1.39 bits per heavy atom. The second-order valence-corrected chi connectivity index (χ2v) is 5.48. The normalized spacial score (nSPS) is 18.8. The van der Waals surface area contributed by atoms with Crippen molar-refractivity contribution in [2.24, 2.45) is 5.41 Å². The van der Waals surface area contributed by atoms with Crippen molar-refractivity contribution in [1.29, 1.82) is 0 Å². The lowest BCUT2D eigenvalue weighted by atomic mass is 9.75. The van der Waals surface area contributed by atoms with E-state index in [1.807, 2.05) is 13.1 Å². The molecule has 0 radical (unpaired) electrons. The fourth-order valence-corrected chi connectivity index (χ4v) is 2.88. The first-order valence-electron chi connectivity index (χ1n) is 6.31. The maximum atomic E-state index is 13.2. The summed E-state index contributed by atoms with van der Waals surface area (Å²) in [6, 6.07) is 5.02. The van der Waals surface area contributed by atoms with E-state index in [0.29, 0.717) is 0 Å². The topological polar surface area (TPSA) is 21.3 Å². The van der Waals surface area contributed by atoms with Gasteiger partial charge in [0.1, 0.15) is 5.82 Å². The average Bonchev–Trinajstić information content (AvgIpc) is 2.35. The fraction of sp³-hybridized carbons (Fsp3) is 0.571. The zero-order valence-electron chi connectivity index (χ0n) is 10.6. The molecule has 0 aliphatic carbocycles. The molecule has 100 valence electrons. The average molecular weight is 272 g/mol. The van der Waals surface area contributed by atoms with Gasteiger partial charge in [-0.1, -0.05) is 17.7 Å². The van der Waals surface area contributed by atoms with Crippen molar-refractivity contribution in [1.82, 2.24) is 5.32 Å². The van der Waals surface area contributed by atoms with Gasteiger partial charge in [0, 0.05) is 19.8 Å². The van der Waals surface area contributed by atoms with Crippen LogP contribution in [0.5, 0.6) is 0 Å². The SMILES string of the molecule is CNCC1(Cc2ccc(F)c(Cl)c2)CCOCC1. The van der Waals surface area contributed by atoms with Crippen molar-refractivity contribution < 1.29 is 9.13 Å². The largest absolute Gasteiger partial charge is 0.381 e. The Morgan fingerprint density at radius 3 is 2.72 bits per heavy atom. The van der Waals surface area contributed by atoms with Gasteiger partial charge >= 0.3 is 0 Å². The molecule has 18 heavy (non-hydrogen) atoms. The summed E-state index contributed by atoms with van der Waals surface area (Å²) >= 11 is 5.84. The van der Waals surface area contributed by atoms with Gasteiger partial charge in [-0.15, -0.1) is 0 Å². The highest BCUT2D eigenvalue weighted by molar-refractivity contribution is 6.30. The monoisotopic (exact) mass is 271 g/mol. The Hall–Kier alpha value is -0.640. The van der Waals surface area contributed by atoms with Gasteiger partial charge in [-0.2, -0.15) is 0 Å². The summed E-state index contributed by atoms with van der Waals surface area (Å²) in [5.74, 6) is -0.352. The molecule has 4 heteroatoms. The number of benzene rings is 1. The van der Waals surface area contributed by atoms with Crippen LogP contribution in [0.1, 0.15) is 18.4 Å². The molecule has 2 nitrogen and oxygen atoms in total. The van der Waals surface area contributed by atoms with Gasteiger partial charge in [-0.3, -0.25) is 0 Å². The van der Waals surface area contributed by atoms with Gasteiger partial charge in [-0.25, -0.2) is 4.39 Å². The van der Waals surface area contributed by atoms with Crippen molar-refractivity contribution in [2.45, 2.75) is 19.3 Å². The van der Waals surface area contributed by atoms with Gasteiger partial charge in [0.05, 0.1) is 5.02 Å². The Balaban J connectivity index is 2.14. The van der Waals surface area contributed by atoms with Crippen molar-refractivity contribution in [3.63, 3.8) is 0 Å². The summed E-state index contributed by atoms with van der Waals surface area (Å²) in [6.07, 6.45) is 2.98. The Morgan fingerprint density at radius 2 is 2.11 bits per heavy atom. The first-order valence-corrected chi connectivity index (χ1v) is 6.69. The molecule has 1 fully saturated rings. The summed E-state index contributed by atoms with van der Waals surface area (Å²) in [7, 11) is 1.97. The van der Waals surface area contributed by atoms with Crippen LogP contribution >= 0.6 is 11.6 Å². The summed E-state index contributed by atoms with van der Waals surface area (Å²) in [5, 5.41) is 3.47. The van der Waals surface area contributed by atoms with E-state index in [0.717, 1.165) is 44.6 Å². The molecular formula is C14H19ClFNO. The van der Waals surface area contributed by atoms with E-state index >= 15 is 0 Å². The van der Waals surface area contributed by atoms with Gasteiger partial charge in [0.15, 0.2) is 0 Å². The Labute approximate surface area is 112 Å². The van der Waals surface area contributed by atoms with Crippen LogP contribution < -0.4 is 5.32 Å². The fourth-order valence-electron chi connectivity index (χ4n) is 2.68. The number of ether oxygens (including phenoxy) is 1. The van der Waals surface area contributed by atoms with E-state index in [4.69, 9.17) is 16.3 Å². The molecule has 0 unspecified atom stereocenters. The standard InChI is InChI=1S/C14H19ClFNO/c1-17-10-14(4-6-18-7-5-14)9-11-2-3-13(16)12(15)8-11/h2-3,8,17H,4-7,9-10H2,1H3. The molecule has 1 aliphatic rings. The van der Waals surface area contributed by atoms with Crippen LogP contribution in [-0.4, -0.2) is 26.8 Å². The van der Waals surface area contributed by atoms with Crippen LogP contribution in [0.4, 0.5) is 4.39 Å².